The van der Waals surface area contributed by atoms with E-state index in [9.17, 15) is 9.59 Å². The molecular weight excluding hydrogens is 402 g/mol. The van der Waals surface area contributed by atoms with Gasteiger partial charge in [0, 0.05) is 5.56 Å². The van der Waals surface area contributed by atoms with Gasteiger partial charge in [0.2, 0.25) is 5.91 Å². The molecule has 1 amide bonds. The zero-order valence-electron chi connectivity index (χ0n) is 17.0. The smallest absolute Gasteiger partial charge is 0.305 e. The third kappa shape index (κ3) is 5.70. The number of thioether (sulfide) groups is 1. The predicted molar refractivity (Wildman–Crippen MR) is 118 cm³/mol. The molecule has 0 aliphatic carbocycles. The van der Waals surface area contributed by atoms with E-state index in [2.05, 4.69) is 42.4 Å². The topological polar surface area (TPSA) is 100 Å². The van der Waals surface area contributed by atoms with Gasteiger partial charge < -0.3 is 15.2 Å². The fourth-order valence-electron chi connectivity index (χ4n) is 2.72. The molecule has 1 unspecified atom stereocenters. The van der Waals surface area contributed by atoms with E-state index in [4.69, 9.17) is 9.84 Å². The standard InChI is InChI=1S/C22H23N3O4S/c1-22(2,3)15-8-6-9-16(11-15)29-17-10-5-4-7-14(17)13-23-25-21-24-20(28)18(30-21)12-19(26)27/h4-11,13,18H,12H2,1-3H3,(H,26,27)(H,24,25,28). The van der Waals surface area contributed by atoms with E-state index in [0.29, 0.717) is 5.75 Å². The minimum atomic E-state index is -1.03. The van der Waals surface area contributed by atoms with Crippen molar-refractivity contribution in [2.24, 2.45) is 10.2 Å². The molecule has 0 saturated carbocycles. The molecule has 0 bridgehead atoms. The number of nitrogens with zero attached hydrogens (tertiary/aromatic N) is 2. The number of aliphatic carboxylic acids is 1. The number of ether oxygens (including phenoxy) is 1. The molecule has 1 atom stereocenters. The summed E-state index contributed by atoms with van der Waals surface area (Å²) in [4.78, 5) is 22.6. The molecule has 1 aliphatic rings. The predicted octanol–water partition coefficient (Wildman–Crippen LogP) is 4.17. The third-order valence-electron chi connectivity index (χ3n) is 4.33. The van der Waals surface area contributed by atoms with Gasteiger partial charge in [-0.3, -0.25) is 9.59 Å². The first-order valence-corrected chi connectivity index (χ1v) is 10.3. The number of carbonyl (C=O) groups is 2. The molecule has 0 spiro atoms. The van der Waals surface area contributed by atoms with E-state index in [1.54, 1.807) is 0 Å². The normalized spacial score (nSPS) is 18.0. The van der Waals surface area contributed by atoms with Crippen LogP contribution in [0.3, 0.4) is 0 Å². The average Bonchev–Trinajstić information content (AvgIpc) is 3.01. The maximum absolute atomic E-state index is 11.8. The number of para-hydroxylation sites is 1. The minimum Gasteiger partial charge on any atom is -0.481 e. The molecule has 0 aromatic heterocycles. The lowest BCUT2D eigenvalue weighted by molar-refractivity contribution is -0.138. The van der Waals surface area contributed by atoms with Gasteiger partial charge in [0.15, 0.2) is 5.17 Å². The number of amides is 1. The van der Waals surface area contributed by atoms with E-state index in [-0.39, 0.29) is 22.9 Å². The molecule has 1 fully saturated rings. The molecule has 0 radical (unpaired) electrons. The highest BCUT2D eigenvalue weighted by Crippen LogP contribution is 2.29. The molecule has 1 heterocycles. The van der Waals surface area contributed by atoms with Gasteiger partial charge in [0.1, 0.15) is 16.7 Å². The molecule has 7 nitrogen and oxygen atoms in total. The van der Waals surface area contributed by atoms with Crippen LogP contribution in [0.25, 0.3) is 0 Å². The van der Waals surface area contributed by atoms with Crippen LogP contribution in [-0.2, 0) is 15.0 Å². The quantitative estimate of drug-likeness (QED) is 0.534. The van der Waals surface area contributed by atoms with Crippen molar-refractivity contribution >= 4 is 35.0 Å². The number of carbonyl (C=O) groups excluding carboxylic acids is 1. The number of amidine groups is 1. The maximum Gasteiger partial charge on any atom is 0.305 e. The first-order chi connectivity index (χ1) is 14.2. The molecule has 3 rings (SSSR count). The summed E-state index contributed by atoms with van der Waals surface area (Å²) in [5.74, 6) is -0.0584. The van der Waals surface area contributed by atoms with Crippen molar-refractivity contribution < 1.29 is 19.4 Å². The van der Waals surface area contributed by atoms with Gasteiger partial charge in [-0.2, -0.15) is 5.10 Å². The Kier molecular flexibility index (Phi) is 6.56. The summed E-state index contributed by atoms with van der Waals surface area (Å²) >= 11 is 1.06. The number of carboxylic acids is 1. The monoisotopic (exact) mass is 425 g/mol. The lowest BCUT2D eigenvalue weighted by Gasteiger charge is -2.20. The Morgan fingerprint density at radius 2 is 2.00 bits per heavy atom. The summed E-state index contributed by atoms with van der Waals surface area (Å²) in [6, 6.07) is 15.4. The number of carboxylic acid groups (broad SMARTS) is 1. The van der Waals surface area contributed by atoms with Gasteiger partial charge in [-0.1, -0.05) is 56.8 Å². The SMILES string of the molecule is CC(C)(C)c1cccc(Oc2ccccc2C=NN=C2NC(=O)C(CC(=O)O)S2)c1. The Bertz CT molecular complexity index is 1010. The van der Waals surface area contributed by atoms with Crippen LogP contribution in [0.5, 0.6) is 11.5 Å². The molecular formula is C22H23N3O4S. The van der Waals surface area contributed by atoms with Gasteiger partial charge in [-0.05, 0) is 35.2 Å². The number of hydrogen-bond donors (Lipinski definition) is 2. The summed E-state index contributed by atoms with van der Waals surface area (Å²) in [5.41, 5.74) is 1.90. The van der Waals surface area contributed by atoms with Crippen LogP contribution in [0.2, 0.25) is 0 Å². The zero-order valence-corrected chi connectivity index (χ0v) is 17.8. The lowest BCUT2D eigenvalue weighted by Crippen LogP contribution is -2.26. The van der Waals surface area contributed by atoms with E-state index in [1.807, 2.05) is 42.5 Å². The minimum absolute atomic E-state index is 0.0122. The van der Waals surface area contributed by atoms with Crippen molar-refractivity contribution in [2.75, 3.05) is 0 Å². The maximum atomic E-state index is 11.8. The fourth-order valence-corrected chi connectivity index (χ4v) is 3.64. The third-order valence-corrected chi connectivity index (χ3v) is 5.40. The van der Waals surface area contributed by atoms with Crippen LogP contribution >= 0.6 is 11.8 Å². The van der Waals surface area contributed by atoms with Crippen LogP contribution in [0.1, 0.15) is 38.3 Å². The van der Waals surface area contributed by atoms with Crippen LogP contribution in [0.4, 0.5) is 0 Å². The summed E-state index contributed by atoms with van der Waals surface area (Å²) in [7, 11) is 0. The van der Waals surface area contributed by atoms with E-state index >= 15 is 0 Å². The fraction of sp³-hybridized carbons (Fsp3) is 0.273. The van der Waals surface area contributed by atoms with Gasteiger partial charge in [0.05, 0.1) is 12.6 Å². The second-order valence-electron chi connectivity index (χ2n) is 7.76. The van der Waals surface area contributed by atoms with Crippen molar-refractivity contribution in [3.63, 3.8) is 0 Å². The van der Waals surface area contributed by atoms with Crippen molar-refractivity contribution in [2.45, 2.75) is 37.9 Å². The van der Waals surface area contributed by atoms with Crippen LogP contribution in [-0.4, -0.2) is 33.6 Å². The van der Waals surface area contributed by atoms with E-state index in [0.717, 1.165) is 23.1 Å². The zero-order chi connectivity index (χ0) is 21.7. The van der Waals surface area contributed by atoms with Crippen LogP contribution in [0.15, 0.2) is 58.7 Å². The first kappa shape index (κ1) is 21.6. The van der Waals surface area contributed by atoms with Crippen LogP contribution in [0, 0.1) is 0 Å². The highest BCUT2D eigenvalue weighted by Gasteiger charge is 2.32. The molecule has 1 aliphatic heterocycles. The molecule has 2 aromatic rings. The van der Waals surface area contributed by atoms with Crippen molar-refractivity contribution in [3.05, 3.63) is 59.7 Å². The average molecular weight is 426 g/mol. The Balaban J connectivity index is 1.73. The number of nitrogens with one attached hydrogen (secondary N) is 1. The second-order valence-corrected chi connectivity index (χ2v) is 8.95. The van der Waals surface area contributed by atoms with Gasteiger partial charge >= 0.3 is 5.97 Å². The Morgan fingerprint density at radius 3 is 2.73 bits per heavy atom. The van der Waals surface area contributed by atoms with Crippen molar-refractivity contribution in [1.29, 1.82) is 0 Å². The highest BCUT2D eigenvalue weighted by atomic mass is 32.2. The lowest BCUT2D eigenvalue weighted by atomic mass is 9.87. The van der Waals surface area contributed by atoms with Gasteiger partial charge in [0.25, 0.3) is 0 Å². The summed E-state index contributed by atoms with van der Waals surface area (Å²) in [6.07, 6.45) is 1.27. The number of hydrogen-bond acceptors (Lipinski definition) is 6. The molecule has 156 valence electrons. The summed E-state index contributed by atoms with van der Waals surface area (Å²) < 4.78 is 6.07. The molecule has 30 heavy (non-hydrogen) atoms. The molecule has 2 N–H and O–H groups in total. The van der Waals surface area contributed by atoms with Crippen molar-refractivity contribution in [1.82, 2.24) is 5.32 Å². The Hall–Kier alpha value is -3.13. The van der Waals surface area contributed by atoms with E-state index < -0.39 is 11.2 Å². The number of benzene rings is 2. The van der Waals surface area contributed by atoms with Gasteiger partial charge in [-0.25, -0.2) is 0 Å². The summed E-state index contributed by atoms with van der Waals surface area (Å²) in [6.45, 7) is 6.44. The largest absolute Gasteiger partial charge is 0.481 e. The molecule has 8 heteroatoms. The summed E-state index contributed by atoms with van der Waals surface area (Å²) in [5, 5.41) is 19.0. The van der Waals surface area contributed by atoms with Gasteiger partial charge in [-0.15, -0.1) is 5.10 Å². The highest BCUT2D eigenvalue weighted by molar-refractivity contribution is 8.15. The first-order valence-electron chi connectivity index (χ1n) is 9.40. The molecule has 1 saturated heterocycles. The number of rotatable bonds is 6. The van der Waals surface area contributed by atoms with Crippen LogP contribution < -0.4 is 10.1 Å². The van der Waals surface area contributed by atoms with Crippen molar-refractivity contribution in [3.8, 4) is 11.5 Å². The van der Waals surface area contributed by atoms with E-state index in [1.165, 1.54) is 11.8 Å². The second kappa shape index (κ2) is 9.13. The Labute approximate surface area is 179 Å². The molecule has 2 aromatic carbocycles. The Morgan fingerprint density at radius 1 is 1.23 bits per heavy atom.